The van der Waals surface area contributed by atoms with Gasteiger partial charge >= 0.3 is 0 Å². The quantitative estimate of drug-likeness (QED) is 0.885. The number of hydrogen-bond acceptors (Lipinski definition) is 2. The average molecular weight is 286 g/mol. The molecule has 3 atom stereocenters. The molecule has 4 heteroatoms. The van der Waals surface area contributed by atoms with Gasteiger partial charge < -0.3 is 10.1 Å². The van der Waals surface area contributed by atoms with Gasteiger partial charge in [-0.25, -0.2) is 0 Å². The minimum atomic E-state index is 0.304. The standard InChI is InChI=1S/C14H17Cl2NO/c15-13-5-4-11(8-14(13)16)18-12-6-9-2-1-3-10(7-12)17-9/h4-5,8-10,12,17H,1-3,6-7H2/t9-,10+,12?. The molecular formula is C14H17Cl2NO. The van der Waals surface area contributed by atoms with Gasteiger partial charge in [0.1, 0.15) is 11.9 Å². The maximum Gasteiger partial charge on any atom is 0.121 e. The Balaban J connectivity index is 1.67. The van der Waals surface area contributed by atoms with Crippen LogP contribution in [0.1, 0.15) is 32.1 Å². The number of piperidine rings is 2. The fourth-order valence-corrected chi connectivity index (χ4v) is 3.34. The zero-order chi connectivity index (χ0) is 12.5. The SMILES string of the molecule is Clc1ccc(OC2C[C@H]3CCC[C@@H](C2)N3)cc1Cl. The lowest BCUT2D eigenvalue weighted by atomic mass is 9.85. The Morgan fingerprint density at radius 1 is 1.06 bits per heavy atom. The number of ether oxygens (including phenoxy) is 1. The highest BCUT2D eigenvalue weighted by atomic mass is 35.5. The zero-order valence-corrected chi connectivity index (χ0v) is 11.7. The maximum absolute atomic E-state index is 6.04. The van der Waals surface area contributed by atoms with Gasteiger partial charge in [0.05, 0.1) is 10.0 Å². The molecular weight excluding hydrogens is 269 g/mol. The van der Waals surface area contributed by atoms with Gasteiger partial charge in [0.25, 0.3) is 0 Å². The molecule has 2 aliphatic rings. The molecule has 0 spiro atoms. The van der Waals surface area contributed by atoms with E-state index in [4.69, 9.17) is 27.9 Å². The van der Waals surface area contributed by atoms with Crippen molar-refractivity contribution in [1.29, 1.82) is 0 Å². The molecule has 18 heavy (non-hydrogen) atoms. The van der Waals surface area contributed by atoms with E-state index >= 15 is 0 Å². The Kier molecular flexibility index (Phi) is 3.69. The Bertz CT molecular complexity index is 426. The Morgan fingerprint density at radius 3 is 2.44 bits per heavy atom. The summed E-state index contributed by atoms with van der Waals surface area (Å²) in [6, 6.07) is 6.75. The van der Waals surface area contributed by atoms with E-state index in [0.29, 0.717) is 28.2 Å². The molecule has 0 saturated carbocycles. The minimum Gasteiger partial charge on any atom is -0.490 e. The summed E-state index contributed by atoms with van der Waals surface area (Å²) in [7, 11) is 0. The van der Waals surface area contributed by atoms with Crippen LogP contribution in [0.2, 0.25) is 10.0 Å². The minimum absolute atomic E-state index is 0.304. The lowest BCUT2D eigenvalue weighted by Crippen LogP contribution is -2.51. The topological polar surface area (TPSA) is 21.3 Å². The predicted molar refractivity (Wildman–Crippen MR) is 74.7 cm³/mol. The number of nitrogens with one attached hydrogen (secondary N) is 1. The lowest BCUT2D eigenvalue weighted by molar-refractivity contribution is 0.0927. The van der Waals surface area contributed by atoms with E-state index in [1.807, 2.05) is 12.1 Å². The van der Waals surface area contributed by atoms with Crippen LogP contribution in [0.4, 0.5) is 0 Å². The molecule has 1 aromatic carbocycles. The molecule has 1 aromatic rings. The highest BCUT2D eigenvalue weighted by Crippen LogP contribution is 2.31. The first-order chi connectivity index (χ1) is 8.70. The Hall–Kier alpha value is -0.440. The van der Waals surface area contributed by atoms with Crippen molar-refractivity contribution in [1.82, 2.24) is 5.32 Å². The molecule has 0 aliphatic carbocycles. The van der Waals surface area contributed by atoms with Crippen molar-refractivity contribution in [2.24, 2.45) is 0 Å². The molecule has 98 valence electrons. The second-order valence-corrected chi connectivity index (χ2v) is 6.09. The van der Waals surface area contributed by atoms with E-state index in [9.17, 15) is 0 Å². The van der Waals surface area contributed by atoms with Crippen LogP contribution >= 0.6 is 23.2 Å². The van der Waals surface area contributed by atoms with E-state index in [0.717, 1.165) is 18.6 Å². The van der Waals surface area contributed by atoms with Crippen LogP contribution in [0, 0.1) is 0 Å². The van der Waals surface area contributed by atoms with Crippen LogP contribution in [0.3, 0.4) is 0 Å². The molecule has 3 rings (SSSR count). The molecule has 2 saturated heterocycles. The van der Waals surface area contributed by atoms with Gasteiger partial charge in [0.15, 0.2) is 0 Å². The van der Waals surface area contributed by atoms with Crippen molar-refractivity contribution < 1.29 is 4.74 Å². The van der Waals surface area contributed by atoms with Gasteiger partial charge in [-0.2, -0.15) is 0 Å². The van der Waals surface area contributed by atoms with E-state index in [1.165, 1.54) is 19.3 Å². The second-order valence-electron chi connectivity index (χ2n) is 5.28. The van der Waals surface area contributed by atoms with E-state index in [1.54, 1.807) is 6.07 Å². The maximum atomic E-state index is 6.04. The number of rotatable bonds is 2. The van der Waals surface area contributed by atoms with Crippen LogP contribution < -0.4 is 10.1 Å². The molecule has 2 aliphatic heterocycles. The molecule has 0 amide bonds. The van der Waals surface area contributed by atoms with E-state index in [2.05, 4.69) is 5.32 Å². The molecule has 1 unspecified atom stereocenters. The van der Waals surface area contributed by atoms with E-state index < -0.39 is 0 Å². The van der Waals surface area contributed by atoms with Crippen molar-refractivity contribution in [2.75, 3.05) is 0 Å². The normalized spacial score (nSPS) is 31.1. The number of fused-ring (bicyclic) bond motifs is 2. The summed E-state index contributed by atoms with van der Waals surface area (Å²) in [4.78, 5) is 0. The smallest absolute Gasteiger partial charge is 0.121 e. The van der Waals surface area contributed by atoms with Crippen molar-refractivity contribution in [3.8, 4) is 5.75 Å². The second kappa shape index (κ2) is 5.28. The molecule has 1 N–H and O–H groups in total. The number of halogens is 2. The number of hydrogen-bond donors (Lipinski definition) is 1. The van der Waals surface area contributed by atoms with Crippen molar-refractivity contribution in [3.05, 3.63) is 28.2 Å². The van der Waals surface area contributed by atoms with Crippen molar-refractivity contribution in [2.45, 2.75) is 50.3 Å². The third-order valence-electron chi connectivity index (χ3n) is 3.87. The van der Waals surface area contributed by atoms with Crippen LogP contribution in [0.5, 0.6) is 5.75 Å². The summed E-state index contributed by atoms with van der Waals surface area (Å²) in [5.41, 5.74) is 0. The fraction of sp³-hybridized carbons (Fsp3) is 0.571. The summed E-state index contributed by atoms with van der Waals surface area (Å²) in [5, 5.41) is 4.80. The first-order valence-electron chi connectivity index (χ1n) is 6.58. The summed E-state index contributed by atoms with van der Waals surface area (Å²) in [5.74, 6) is 0.828. The first-order valence-corrected chi connectivity index (χ1v) is 7.34. The van der Waals surface area contributed by atoms with Crippen LogP contribution in [-0.2, 0) is 0 Å². The lowest BCUT2D eigenvalue weighted by Gasteiger charge is -2.40. The highest BCUT2D eigenvalue weighted by molar-refractivity contribution is 6.42. The summed E-state index contributed by atoms with van der Waals surface area (Å²) in [6.07, 6.45) is 6.39. The Labute approximate surface area is 118 Å². The Morgan fingerprint density at radius 2 is 1.78 bits per heavy atom. The van der Waals surface area contributed by atoms with Gasteiger partial charge in [-0.3, -0.25) is 0 Å². The predicted octanol–water partition coefficient (Wildman–Crippen LogP) is 4.05. The largest absolute Gasteiger partial charge is 0.490 e. The van der Waals surface area contributed by atoms with Gasteiger partial charge in [-0.15, -0.1) is 0 Å². The third kappa shape index (κ3) is 2.76. The third-order valence-corrected chi connectivity index (χ3v) is 4.60. The fourth-order valence-electron chi connectivity index (χ4n) is 3.05. The van der Waals surface area contributed by atoms with Gasteiger partial charge in [0, 0.05) is 18.2 Å². The zero-order valence-electron chi connectivity index (χ0n) is 10.2. The van der Waals surface area contributed by atoms with E-state index in [-0.39, 0.29) is 0 Å². The molecule has 2 bridgehead atoms. The van der Waals surface area contributed by atoms with Crippen molar-refractivity contribution in [3.63, 3.8) is 0 Å². The molecule has 2 nitrogen and oxygen atoms in total. The van der Waals surface area contributed by atoms with Crippen LogP contribution in [-0.4, -0.2) is 18.2 Å². The van der Waals surface area contributed by atoms with Gasteiger partial charge in [-0.05, 0) is 37.8 Å². The molecule has 0 aromatic heterocycles. The molecule has 0 radical (unpaired) electrons. The van der Waals surface area contributed by atoms with Crippen molar-refractivity contribution >= 4 is 23.2 Å². The highest BCUT2D eigenvalue weighted by Gasteiger charge is 2.32. The van der Waals surface area contributed by atoms with Gasteiger partial charge in [0.2, 0.25) is 0 Å². The average Bonchev–Trinajstić information content (AvgIpc) is 2.33. The monoisotopic (exact) mass is 285 g/mol. The number of benzene rings is 1. The first kappa shape index (κ1) is 12.6. The summed E-state index contributed by atoms with van der Waals surface area (Å²) < 4.78 is 6.04. The molecule has 2 heterocycles. The summed E-state index contributed by atoms with van der Waals surface area (Å²) in [6.45, 7) is 0. The van der Waals surface area contributed by atoms with Crippen LogP contribution in [0.25, 0.3) is 0 Å². The van der Waals surface area contributed by atoms with Gasteiger partial charge in [-0.1, -0.05) is 29.6 Å². The van der Waals surface area contributed by atoms with Crippen LogP contribution in [0.15, 0.2) is 18.2 Å². The summed E-state index contributed by atoms with van der Waals surface area (Å²) >= 11 is 11.9. The molecule has 2 fully saturated rings.